The summed E-state index contributed by atoms with van der Waals surface area (Å²) in [6.07, 6.45) is 1.82. The molecule has 4 heteroatoms. The van der Waals surface area contributed by atoms with Gasteiger partial charge in [0.1, 0.15) is 11.8 Å². The van der Waals surface area contributed by atoms with Crippen molar-refractivity contribution in [2.75, 3.05) is 13.7 Å². The molecule has 0 aliphatic heterocycles. The largest absolute Gasteiger partial charge is 0.503 e. The maximum Gasteiger partial charge on any atom is 0.344 e. The average Bonchev–Trinajstić information content (AvgIpc) is 2.09. The fourth-order valence-corrected chi connectivity index (χ4v) is 0.665. The number of hydrogen-bond acceptors (Lipinski definition) is 4. The van der Waals surface area contributed by atoms with Crippen LogP contribution in [0.2, 0.25) is 0 Å². The average molecular weight is 186 g/mol. The highest BCUT2D eigenvalue weighted by atomic mass is 16.5. The first-order valence-corrected chi connectivity index (χ1v) is 4.04. The number of Topliss-reactive ketones (excluding diaryl/α,β-unsaturated/α-hetero) is 1. The van der Waals surface area contributed by atoms with Gasteiger partial charge in [-0.3, -0.25) is 4.79 Å². The number of carbonyl (C=O) groups is 2. The lowest BCUT2D eigenvalue weighted by Crippen LogP contribution is -2.14. The SMILES string of the molecule is CCCOC(=O)/C(=C\OC)C(C)=O. The first kappa shape index (κ1) is 11.7. The van der Waals surface area contributed by atoms with E-state index in [-0.39, 0.29) is 11.4 Å². The maximum absolute atomic E-state index is 11.1. The van der Waals surface area contributed by atoms with Gasteiger partial charge >= 0.3 is 5.97 Å². The van der Waals surface area contributed by atoms with E-state index in [1.54, 1.807) is 0 Å². The molecule has 0 amide bonds. The molecule has 4 nitrogen and oxygen atoms in total. The normalized spacial score (nSPS) is 10.8. The summed E-state index contributed by atoms with van der Waals surface area (Å²) in [6, 6.07) is 0. The lowest BCUT2D eigenvalue weighted by molar-refractivity contribution is -0.140. The molecule has 74 valence electrons. The van der Waals surface area contributed by atoms with E-state index in [2.05, 4.69) is 4.74 Å². The van der Waals surface area contributed by atoms with Crippen molar-refractivity contribution >= 4 is 11.8 Å². The van der Waals surface area contributed by atoms with E-state index in [9.17, 15) is 9.59 Å². The van der Waals surface area contributed by atoms with Gasteiger partial charge in [-0.05, 0) is 13.3 Å². The van der Waals surface area contributed by atoms with Gasteiger partial charge in [-0.1, -0.05) is 6.92 Å². The fourth-order valence-electron chi connectivity index (χ4n) is 0.665. The van der Waals surface area contributed by atoms with Crippen molar-refractivity contribution in [2.24, 2.45) is 0 Å². The zero-order valence-corrected chi connectivity index (χ0v) is 8.12. The molecule has 0 heterocycles. The van der Waals surface area contributed by atoms with Crippen molar-refractivity contribution in [3.8, 4) is 0 Å². The van der Waals surface area contributed by atoms with E-state index >= 15 is 0 Å². The highest BCUT2D eigenvalue weighted by molar-refractivity contribution is 6.16. The molecule has 0 bridgehead atoms. The third-order valence-electron chi connectivity index (χ3n) is 1.27. The Bertz CT molecular complexity index is 218. The molecular formula is C9H14O4. The zero-order chi connectivity index (χ0) is 10.3. The molecule has 0 fully saturated rings. The summed E-state index contributed by atoms with van der Waals surface area (Å²) in [4.78, 5) is 22.0. The standard InChI is InChI=1S/C9H14O4/c1-4-5-13-9(11)8(6-12-3)7(2)10/h6H,4-5H2,1-3H3/b8-6-. The van der Waals surface area contributed by atoms with Crippen LogP contribution in [0, 0.1) is 0 Å². The second-order valence-corrected chi connectivity index (χ2v) is 2.46. The van der Waals surface area contributed by atoms with E-state index in [0.717, 1.165) is 12.7 Å². The van der Waals surface area contributed by atoms with Gasteiger partial charge in [0.25, 0.3) is 0 Å². The fraction of sp³-hybridized carbons (Fsp3) is 0.556. The van der Waals surface area contributed by atoms with Gasteiger partial charge in [-0.15, -0.1) is 0 Å². The molecule has 0 aliphatic rings. The predicted molar refractivity (Wildman–Crippen MR) is 47.0 cm³/mol. The number of hydrogen-bond donors (Lipinski definition) is 0. The van der Waals surface area contributed by atoms with Crippen molar-refractivity contribution in [3.63, 3.8) is 0 Å². The van der Waals surface area contributed by atoms with E-state index in [4.69, 9.17) is 4.74 Å². The van der Waals surface area contributed by atoms with E-state index in [1.807, 2.05) is 6.92 Å². The lowest BCUT2D eigenvalue weighted by Gasteiger charge is -2.03. The Morgan fingerprint density at radius 2 is 2.00 bits per heavy atom. The second-order valence-electron chi connectivity index (χ2n) is 2.46. The van der Waals surface area contributed by atoms with Gasteiger partial charge in [0.05, 0.1) is 13.7 Å². The van der Waals surface area contributed by atoms with Crippen LogP contribution >= 0.6 is 0 Å². The molecule has 0 saturated heterocycles. The first-order valence-electron chi connectivity index (χ1n) is 4.04. The number of esters is 1. The van der Waals surface area contributed by atoms with Crippen molar-refractivity contribution in [1.82, 2.24) is 0 Å². The third-order valence-corrected chi connectivity index (χ3v) is 1.27. The van der Waals surface area contributed by atoms with Crippen LogP contribution in [0.3, 0.4) is 0 Å². The Balaban J connectivity index is 4.30. The molecule has 0 rings (SSSR count). The molecule has 0 radical (unpaired) electrons. The summed E-state index contributed by atoms with van der Waals surface area (Å²) in [5.74, 6) is -0.987. The first-order chi connectivity index (χ1) is 6.13. The highest BCUT2D eigenvalue weighted by Gasteiger charge is 2.15. The Labute approximate surface area is 77.5 Å². The molecule has 0 unspecified atom stereocenters. The minimum Gasteiger partial charge on any atom is -0.503 e. The molecule has 0 N–H and O–H groups in total. The quantitative estimate of drug-likeness (QED) is 0.212. The number of ether oxygens (including phenoxy) is 2. The van der Waals surface area contributed by atoms with Gasteiger partial charge in [-0.2, -0.15) is 0 Å². The molecule has 0 aromatic heterocycles. The summed E-state index contributed by atoms with van der Waals surface area (Å²) in [5, 5.41) is 0. The van der Waals surface area contributed by atoms with Crippen LogP contribution in [0.1, 0.15) is 20.3 Å². The van der Waals surface area contributed by atoms with Crippen LogP contribution in [0.4, 0.5) is 0 Å². The van der Waals surface area contributed by atoms with Crippen LogP contribution in [-0.4, -0.2) is 25.5 Å². The number of methoxy groups -OCH3 is 1. The van der Waals surface area contributed by atoms with E-state index < -0.39 is 5.97 Å². The molecule has 0 atom stereocenters. The Morgan fingerprint density at radius 3 is 2.38 bits per heavy atom. The number of ketones is 1. The minimum absolute atomic E-state index is 0.0593. The van der Waals surface area contributed by atoms with Gasteiger partial charge in [0.15, 0.2) is 5.78 Å². The molecule has 13 heavy (non-hydrogen) atoms. The molecular weight excluding hydrogens is 172 g/mol. The maximum atomic E-state index is 11.1. The van der Waals surface area contributed by atoms with Crippen molar-refractivity contribution in [3.05, 3.63) is 11.8 Å². The lowest BCUT2D eigenvalue weighted by atomic mass is 10.2. The molecule has 0 aromatic rings. The van der Waals surface area contributed by atoms with Crippen LogP contribution in [0.15, 0.2) is 11.8 Å². The van der Waals surface area contributed by atoms with Crippen LogP contribution < -0.4 is 0 Å². The Hall–Kier alpha value is -1.32. The smallest absolute Gasteiger partial charge is 0.344 e. The number of rotatable bonds is 5. The highest BCUT2D eigenvalue weighted by Crippen LogP contribution is 2.00. The topological polar surface area (TPSA) is 52.6 Å². The molecule has 0 saturated carbocycles. The molecule has 0 aliphatic carbocycles. The van der Waals surface area contributed by atoms with Crippen LogP contribution in [0.5, 0.6) is 0 Å². The van der Waals surface area contributed by atoms with Gasteiger partial charge in [0.2, 0.25) is 0 Å². The Kier molecular flexibility index (Phi) is 5.59. The Morgan fingerprint density at radius 1 is 1.38 bits per heavy atom. The number of carbonyl (C=O) groups excluding carboxylic acids is 2. The zero-order valence-electron chi connectivity index (χ0n) is 8.12. The van der Waals surface area contributed by atoms with Gasteiger partial charge in [0, 0.05) is 0 Å². The molecule has 0 spiro atoms. The van der Waals surface area contributed by atoms with Gasteiger partial charge in [-0.25, -0.2) is 4.79 Å². The second kappa shape index (κ2) is 6.22. The van der Waals surface area contributed by atoms with Gasteiger partial charge < -0.3 is 9.47 Å². The van der Waals surface area contributed by atoms with E-state index in [0.29, 0.717) is 6.61 Å². The predicted octanol–water partition coefficient (Wildman–Crippen LogP) is 1.06. The summed E-state index contributed by atoms with van der Waals surface area (Å²) in [5.41, 5.74) is -0.0593. The van der Waals surface area contributed by atoms with Crippen LogP contribution in [0.25, 0.3) is 0 Å². The molecule has 0 aromatic carbocycles. The summed E-state index contributed by atoms with van der Waals surface area (Å²) < 4.78 is 9.34. The van der Waals surface area contributed by atoms with Crippen molar-refractivity contribution in [2.45, 2.75) is 20.3 Å². The summed E-state index contributed by atoms with van der Waals surface area (Å²) in [7, 11) is 1.37. The minimum atomic E-state index is -0.629. The van der Waals surface area contributed by atoms with Crippen LogP contribution in [-0.2, 0) is 19.1 Å². The van der Waals surface area contributed by atoms with Crippen molar-refractivity contribution in [1.29, 1.82) is 0 Å². The third kappa shape index (κ3) is 4.30. The summed E-state index contributed by atoms with van der Waals surface area (Å²) in [6.45, 7) is 3.48. The van der Waals surface area contributed by atoms with E-state index in [1.165, 1.54) is 14.0 Å². The van der Waals surface area contributed by atoms with Crippen molar-refractivity contribution < 1.29 is 19.1 Å². The monoisotopic (exact) mass is 186 g/mol. The summed E-state index contributed by atoms with van der Waals surface area (Å²) >= 11 is 0.